The normalized spacial score (nSPS) is 20.0. The van der Waals surface area contributed by atoms with E-state index in [0.29, 0.717) is 46.3 Å². The van der Waals surface area contributed by atoms with E-state index in [0.717, 1.165) is 95.1 Å². The topological polar surface area (TPSA) is 147 Å². The zero-order chi connectivity index (χ0) is 36.5. The number of amides is 1. The molecule has 1 amide bonds. The number of aliphatic hydroxyl groups excluding tert-OH is 1. The van der Waals surface area contributed by atoms with Crippen molar-refractivity contribution < 1.29 is 24.9 Å². The summed E-state index contributed by atoms with van der Waals surface area (Å²) in [5, 5.41) is 38.5. The number of aromatic hydroxyl groups is 1. The minimum atomic E-state index is -1.07. The Morgan fingerprint density at radius 3 is 2.38 bits per heavy atom. The summed E-state index contributed by atoms with van der Waals surface area (Å²) in [7, 11) is 0. The summed E-state index contributed by atoms with van der Waals surface area (Å²) in [6, 6.07) is 21.8. The van der Waals surface area contributed by atoms with Crippen molar-refractivity contribution >= 4 is 28.6 Å². The molecular weight excluding hydrogens is 680 g/mol. The van der Waals surface area contributed by atoms with Gasteiger partial charge in [0.05, 0.1) is 28.8 Å². The predicted molar refractivity (Wildman–Crippen MR) is 204 cm³/mol. The minimum Gasteiger partial charge on any atom is -0.506 e. The molecule has 3 aromatic carbocycles. The van der Waals surface area contributed by atoms with Crippen LogP contribution in [0.1, 0.15) is 80.6 Å². The lowest BCUT2D eigenvalue weighted by Gasteiger charge is -2.53. The highest BCUT2D eigenvalue weighted by molar-refractivity contribution is 6.33. The zero-order valence-electron chi connectivity index (χ0n) is 29.7. The molecule has 52 heavy (non-hydrogen) atoms. The third kappa shape index (κ3) is 8.58. The molecule has 0 radical (unpaired) electrons. The summed E-state index contributed by atoms with van der Waals surface area (Å²) in [5.41, 5.74) is 1.33. The number of fused-ring (bicyclic) bond motifs is 4. The van der Waals surface area contributed by atoms with Crippen LogP contribution >= 0.6 is 11.6 Å². The first-order chi connectivity index (χ1) is 25.3. The highest BCUT2D eigenvalue weighted by Crippen LogP contribution is 2.50. The molecule has 3 aliphatic heterocycles. The molecule has 3 atom stereocenters. The van der Waals surface area contributed by atoms with Crippen LogP contribution in [0.15, 0.2) is 77.6 Å². The maximum absolute atomic E-state index is 12.5. The number of rotatable bonds is 18. The van der Waals surface area contributed by atoms with Gasteiger partial charge in [0.25, 0.3) is 0 Å². The van der Waals surface area contributed by atoms with Crippen LogP contribution in [0.5, 0.6) is 11.5 Å². The number of ether oxygens (including phenoxy) is 1. The Morgan fingerprint density at radius 1 is 0.942 bits per heavy atom. The van der Waals surface area contributed by atoms with Crippen molar-refractivity contribution in [3.63, 3.8) is 0 Å². The number of H-pyrrole nitrogens is 1. The van der Waals surface area contributed by atoms with E-state index >= 15 is 0 Å². The number of nitrogens with zero attached hydrogens (tertiary/aromatic N) is 1. The summed E-state index contributed by atoms with van der Waals surface area (Å²) in [6.07, 6.45) is 7.68. The maximum Gasteiger partial charge on any atom is 0.405 e. The number of phenols is 1. The highest BCUT2D eigenvalue weighted by atomic mass is 35.5. The van der Waals surface area contributed by atoms with Gasteiger partial charge in [0.1, 0.15) is 11.5 Å². The number of carbonyl (C=O) groups is 1. The molecule has 0 aliphatic carbocycles. The van der Waals surface area contributed by atoms with Gasteiger partial charge in [0.15, 0.2) is 0 Å². The first-order valence-corrected chi connectivity index (χ1v) is 19.1. The van der Waals surface area contributed by atoms with E-state index in [1.807, 2.05) is 48.5 Å². The molecule has 2 bridgehead atoms. The lowest BCUT2D eigenvalue weighted by atomic mass is 9.63. The standard InChI is InChI=1S/C41H51ClN4O6/c42-38-32(41(45-40(50)51,29-12-7-6-8-13-29)33-27-46-23-20-28(33)21-24-46)14-11-15-36(38)52-25-10-5-3-1-2-4-9-22-43-26-35(48)30-16-18-34(47)39-31(30)17-19-37(49)44-39/h6-8,11-19,28,33,35,43,45,47-48H,1-5,9-10,20-27H2,(H,44,49)(H,50,51). The fraction of sp³-hybridized carbons (Fsp3) is 0.463. The highest BCUT2D eigenvalue weighted by Gasteiger charge is 2.51. The Labute approximate surface area is 310 Å². The van der Waals surface area contributed by atoms with E-state index in [1.165, 1.54) is 12.1 Å². The van der Waals surface area contributed by atoms with Crippen LogP contribution in [0.4, 0.5) is 4.79 Å². The van der Waals surface area contributed by atoms with Crippen molar-refractivity contribution in [1.29, 1.82) is 0 Å². The summed E-state index contributed by atoms with van der Waals surface area (Å²) < 4.78 is 6.25. The van der Waals surface area contributed by atoms with Gasteiger partial charge >= 0.3 is 6.09 Å². The van der Waals surface area contributed by atoms with Gasteiger partial charge < -0.3 is 40.6 Å². The number of aromatic nitrogens is 1. The molecule has 278 valence electrons. The van der Waals surface area contributed by atoms with E-state index in [4.69, 9.17) is 16.3 Å². The molecule has 3 saturated heterocycles. The van der Waals surface area contributed by atoms with Crippen LogP contribution in [0.25, 0.3) is 10.9 Å². The van der Waals surface area contributed by atoms with Crippen molar-refractivity contribution in [3.8, 4) is 11.5 Å². The van der Waals surface area contributed by atoms with Crippen LogP contribution in [0, 0.1) is 11.8 Å². The van der Waals surface area contributed by atoms with Gasteiger partial charge in [0, 0.05) is 36.0 Å². The molecule has 0 saturated carbocycles. The molecule has 11 heteroatoms. The van der Waals surface area contributed by atoms with Crippen molar-refractivity contribution in [2.24, 2.45) is 11.8 Å². The number of nitrogens with one attached hydrogen (secondary N) is 3. The van der Waals surface area contributed by atoms with Gasteiger partial charge in [-0.25, -0.2) is 4.79 Å². The minimum absolute atomic E-state index is 0.0178. The number of halogens is 1. The van der Waals surface area contributed by atoms with Crippen LogP contribution in [0.2, 0.25) is 5.02 Å². The first kappa shape index (κ1) is 37.7. The molecule has 1 aromatic heterocycles. The van der Waals surface area contributed by atoms with Crippen molar-refractivity contribution in [1.82, 2.24) is 20.5 Å². The number of piperidine rings is 3. The van der Waals surface area contributed by atoms with Crippen LogP contribution in [-0.4, -0.2) is 70.6 Å². The fourth-order valence-corrected chi connectivity index (χ4v) is 8.70. The lowest BCUT2D eigenvalue weighted by Crippen LogP contribution is -2.61. The summed E-state index contributed by atoms with van der Waals surface area (Å²) in [6.45, 7) is 4.62. The smallest absolute Gasteiger partial charge is 0.405 e. The molecule has 3 unspecified atom stereocenters. The number of hydrogen-bond donors (Lipinski definition) is 6. The molecule has 6 N–H and O–H groups in total. The third-order valence-electron chi connectivity index (χ3n) is 11.0. The van der Waals surface area contributed by atoms with Gasteiger partial charge in [-0.2, -0.15) is 0 Å². The third-order valence-corrected chi connectivity index (χ3v) is 11.4. The number of unbranched alkanes of at least 4 members (excludes halogenated alkanes) is 6. The predicted octanol–water partition coefficient (Wildman–Crippen LogP) is 7.17. The SMILES string of the molecule is O=C(O)NC(c1ccccc1)(c1cccc(OCCCCCCCCCNCC(O)c2ccc(O)c3[nH]c(=O)ccc23)c1Cl)C1CN2CCC1CC2. The largest absolute Gasteiger partial charge is 0.506 e. The molecule has 3 fully saturated rings. The average Bonchev–Trinajstić information content (AvgIpc) is 3.16. The van der Waals surface area contributed by atoms with Crippen molar-refractivity contribution in [3.05, 3.63) is 105 Å². The van der Waals surface area contributed by atoms with E-state index < -0.39 is 17.7 Å². The van der Waals surface area contributed by atoms with E-state index in [-0.39, 0.29) is 17.2 Å². The fourth-order valence-electron chi connectivity index (χ4n) is 8.37. The van der Waals surface area contributed by atoms with Gasteiger partial charge in [-0.3, -0.25) is 4.79 Å². The molecule has 3 aliphatic rings. The monoisotopic (exact) mass is 730 g/mol. The Balaban J connectivity index is 0.946. The number of carboxylic acid groups (broad SMARTS) is 1. The quantitative estimate of drug-likeness (QED) is 0.0591. The van der Waals surface area contributed by atoms with Crippen LogP contribution < -0.4 is 20.9 Å². The second-order valence-corrected chi connectivity index (χ2v) is 14.7. The molecule has 4 aromatic rings. The number of phenolic OH excluding ortho intramolecular Hbond substituents is 1. The second kappa shape index (κ2) is 17.6. The molecule has 10 nitrogen and oxygen atoms in total. The molecule has 4 heterocycles. The van der Waals surface area contributed by atoms with Gasteiger partial charge in [-0.05, 0) is 80.6 Å². The van der Waals surface area contributed by atoms with Crippen molar-refractivity contribution in [2.75, 3.05) is 39.3 Å². The lowest BCUT2D eigenvalue weighted by molar-refractivity contribution is 0.00719. The number of pyridine rings is 1. The van der Waals surface area contributed by atoms with Crippen LogP contribution in [-0.2, 0) is 5.54 Å². The second-order valence-electron chi connectivity index (χ2n) is 14.3. The maximum atomic E-state index is 12.5. The number of benzene rings is 3. The number of hydrogen-bond acceptors (Lipinski definition) is 7. The zero-order valence-corrected chi connectivity index (χ0v) is 30.4. The number of aromatic amines is 1. The molecule has 0 spiro atoms. The Kier molecular flexibility index (Phi) is 12.8. The average molecular weight is 731 g/mol. The van der Waals surface area contributed by atoms with E-state index in [2.05, 4.69) is 20.5 Å². The van der Waals surface area contributed by atoms with Crippen LogP contribution in [0.3, 0.4) is 0 Å². The summed E-state index contributed by atoms with van der Waals surface area (Å²) in [5.74, 6) is 0.980. The first-order valence-electron chi connectivity index (χ1n) is 18.7. The Bertz CT molecular complexity index is 1850. The van der Waals surface area contributed by atoms with Gasteiger partial charge in [0.2, 0.25) is 5.56 Å². The van der Waals surface area contributed by atoms with Crippen molar-refractivity contribution in [2.45, 2.75) is 69.4 Å². The molecule has 7 rings (SSSR count). The Hall–Kier alpha value is -4.09. The molecular formula is C41H51ClN4O6. The van der Waals surface area contributed by atoms with Gasteiger partial charge in [-0.1, -0.05) is 92.2 Å². The number of aliphatic hydroxyl groups is 1. The summed E-state index contributed by atoms with van der Waals surface area (Å²) in [4.78, 5) is 29.2. The van der Waals surface area contributed by atoms with E-state index in [9.17, 15) is 24.9 Å². The summed E-state index contributed by atoms with van der Waals surface area (Å²) >= 11 is 7.15. The van der Waals surface area contributed by atoms with E-state index in [1.54, 1.807) is 12.1 Å². The Morgan fingerprint density at radius 2 is 1.67 bits per heavy atom. The van der Waals surface area contributed by atoms with Gasteiger partial charge in [-0.15, -0.1) is 0 Å².